The van der Waals surface area contributed by atoms with E-state index in [9.17, 15) is 4.79 Å². The Morgan fingerprint density at radius 2 is 2.33 bits per heavy atom. The topological polar surface area (TPSA) is 75.3 Å². The minimum Gasteiger partial charge on any atom is -0.480 e. The first-order valence-electron chi connectivity index (χ1n) is 5.53. The lowest BCUT2D eigenvalue weighted by atomic mass is 10.1. The smallest absolute Gasteiger partial charge is 0.320 e. The van der Waals surface area contributed by atoms with Gasteiger partial charge in [-0.05, 0) is 42.2 Å². The summed E-state index contributed by atoms with van der Waals surface area (Å²) in [5.74, 6) is -0.00426. The average molecular weight is 333 g/mol. The molecule has 0 saturated carbocycles. The standard InChI is InChI=1S/C12H17BrN2O2S/c1-18-5-4-11(12(16)17)15-7-8-6-9(13)2-3-10(8)14/h2-3,6,11,15H,4-5,7,14H2,1H3,(H,16,17). The predicted octanol–water partition coefficient (Wildman–Crippen LogP) is 2.33. The molecule has 0 aromatic heterocycles. The van der Waals surface area contributed by atoms with Gasteiger partial charge in [-0.3, -0.25) is 4.79 Å². The highest BCUT2D eigenvalue weighted by Crippen LogP contribution is 2.18. The number of carboxylic acid groups (broad SMARTS) is 1. The first-order valence-corrected chi connectivity index (χ1v) is 7.72. The van der Waals surface area contributed by atoms with Gasteiger partial charge in [0.1, 0.15) is 6.04 Å². The molecule has 4 nitrogen and oxygen atoms in total. The third kappa shape index (κ3) is 4.88. The summed E-state index contributed by atoms with van der Waals surface area (Å²) < 4.78 is 0.935. The number of anilines is 1. The summed E-state index contributed by atoms with van der Waals surface area (Å²) in [6.07, 6.45) is 2.57. The van der Waals surface area contributed by atoms with Crippen LogP contribution in [0.4, 0.5) is 5.69 Å². The molecule has 0 aliphatic carbocycles. The van der Waals surface area contributed by atoms with Gasteiger partial charge in [-0.25, -0.2) is 0 Å². The lowest BCUT2D eigenvalue weighted by molar-refractivity contribution is -0.139. The SMILES string of the molecule is CSCCC(NCc1cc(Br)ccc1N)C(=O)O. The molecule has 100 valence electrons. The maximum Gasteiger partial charge on any atom is 0.320 e. The summed E-state index contributed by atoms with van der Waals surface area (Å²) in [6.45, 7) is 0.455. The number of carbonyl (C=O) groups is 1. The highest BCUT2D eigenvalue weighted by Gasteiger charge is 2.16. The third-order valence-electron chi connectivity index (χ3n) is 2.55. The average Bonchev–Trinajstić information content (AvgIpc) is 2.33. The molecular weight excluding hydrogens is 316 g/mol. The summed E-state index contributed by atoms with van der Waals surface area (Å²) in [6, 6.07) is 5.03. The van der Waals surface area contributed by atoms with E-state index < -0.39 is 12.0 Å². The van der Waals surface area contributed by atoms with Crippen molar-refractivity contribution in [1.29, 1.82) is 0 Å². The Balaban J connectivity index is 2.60. The van der Waals surface area contributed by atoms with Gasteiger partial charge in [-0.15, -0.1) is 0 Å². The zero-order valence-corrected chi connectivity index (χ0v) is 12.6. The number of benzene rings is 1. The van der Waals surface area contributed by atoms with Crippen molar-refractivity contribution in [1.82, 2.24) is 5.32 Å². The second kappa shape index (κ2) is 7.66. The first-order chi connectivity index (χ1) is 8.54. The van der Waals surface area contributed by atoms with Crippen LogP contribution in [0.3, 0.4) is 0 Å². The number of aliphatic carboxylic acids is 1. The minimum atomic E-state index is -0.822. The molecule has 0 aliphatic rings. The van der Waals surface area contributed by atoms with Crippen LogP contribution in [-0.4, -0.2) is 29.1 Å². The Morgan fingerprint density at radius 1 is 1.61 bits per heavy atom. The molecule has 0 spiro atoms. The van der Waals surface area contributed by atoms with E-state index in [4.69, 9.17) is 10.8 Å². The number of hydrogen-bond acceptors (Lipinski definition) is 4. The van der Waals surface area contributed by atoms with Gasteiger partial charge in [-0.2, -0.15) is 11.8 Å². The van der Waals surface area contributed by atoms with E-state index in [1.165, 1.54) is 0 Å². The molecule has 1 unspecified atom stereocenters. The summed E-state index contributed by atoms with van der Waals surface area (Å²) in [7, 11) is 0. The van der Waals surface area contributed by atoms with Crippen LogP contribution in [0.2, 0.25) is 0 Å². The van der Waals surface area contributed by atoms with E-state index in [2.05, 4.69) is 21.2 Å². The molecule has 1 rings (SSSR count). The maximum absolute atomic E-state index is 11.1. The second-order valence-electron chi connectivity index (χ2n) is 3.90. The van der Waals surface area contributed by atoms with E-state index in [-0.39, 0.29) is 0 Å². The quantitative estimate of drug-likeness (QED) is 0.668. The number of nitrogens with two attached hydrogens (primary N) is 1. The van der Waals surface area contributed by atoms with Crippen LogP contribution in [-0.2, 0) is 11.3 Å². The largest absolute Gasteiger partial charge is 0.480 e. The van der Waals surface area contributed by atoms with E-state index in [1.807, 2.05) is 18.4 Å². The van der Waals surface area contributed by atoms with Crippen molar-refractivity contribution in [3.05, 3.63) is 28.2 Å². The number of thioether (sulfide) groups is 1. The zero-order chi connectivity index (χ0) is 13.5. The monoisotopic (exact) mass is 332 g/mol. The fraction of sp³-hybridized carbons (Fsp3) is 0.417. The van der Waals surface area contributed by atoms with Gasteiger partial charge in [0.05, 0.1) is 0 Å². The summed E-state index contributed by atoms with van der Waals surface area (Å²) in [4.78, 5) is 11.1. The third-order valence-corrected chi connectivity index (χ3v) is 3.69. The number of halogens is 1. The van der Waals surface area contributed by atoms with Crippen LogP contribution in [0.1, 0.15) is 12.0 Å². The number of nitrogens with one attached hydrogen (secondary N) is 1. The van der Waals surface area contributed by atoms with Crippen LogP contribution in [0.15, 0.2) is 22.7 Å². The molecule has 18 heavy (non-hydrogen) atoms. The Morgan fingerprint density at radius 3 is 2.94 bits per heavy atom. The van der Waals surface area contributed by atoms with E-state index in [1.54, 1.807) is 17.8 Å². The molecule has 0 saturated heterocycles. The van der Waals surface area contributed by atoms with E-state index in [0.29, 0.717) is 18.7 Å². The normalized spacial score (nSPS) is 12.3. The van der Waals surface area contributed by atoms with Gasteiger partial charge in [0.25, 0.3) is 0 Å². The fourth-order valence-corrected chi connectivity index (χ4v) is 2.39. The van der Waals surface area contributed by atoms with Crippen LogP contribution in [0.25, 0.3) is 0 Å². The Labute approximate surface area is 119 Å². The Kier molecular flexibility index (Phi) is 6.52. The highest BCUT2D eigenvalue weighted by molar-refractivity contribution is 9.10. The van der Waals surface area contributed by atoms with E-state index in [0.717, 1.165) is 15.8 Å². The summed E-state index contributed by atoms with van der Waals surface area (Å²) in [5.41, 5.74) is 7.41. The molecule has 0 heterocycles. The number of rotatable bonds is 7. The zero-order valence-electron chi connectivity index (χ0n) is 10.1. The summed E-state index contributed by atoms with van der Waals surface area (Å²) in [5, 5.41) is 12.1. The molecule has 1 aromatic rings. The molecule has 4 N–H and O–H groups in total. The van der Waals surface area contributed by atoms with Gasteiger partial charge < -0.3 is 16.2 Å². The second-order valence-corrected chi connectivity index (χ2v) is 5.80. The van der Waals surface area contributed by atoms with Crippen LogP contribution in [0, 0.1) is 0 Å². The summed E-state index contributed by atoms with van der Waals surface area (Å²) >= 11 is 5.01. The van der Waals surface area contributed by atoms with Crippen LogP contribution in [0.5, 0.6) is 0 Å². The van der Waals surface area contributed by atoms with Crippen molar-refractivity contribution in [2.45, 2.75) is 19.0 Å². The molecule has 1 aromatic carbocycles. The highest BCUT2D eigenvalue weighted by atomic mass is 79.9. The van der Waals surface area contributed by atoms with Crippen molar-refractivity contribution in [3.63, 3.8) is 0 Å². The Hall–Kier alpha value is -0.720. The van der Waals surface area contributed by atoms with Crippen LogP contribution >= 0.6 is 27.7 Å². The van der Waals surface area contributed by atoms with Crippen molar-refractivity contribution < 1.29 is 9.90 Å². The number of nitrogen functional groups attached to an aromatic ring is 1. The molecular formula is C12H17BrN2O2S. The van der Waals surface area contributed by atoms with Crippen LogP contribution < -0.4 is 11.1 Å². The minimum absolute atomic E-state index is 0.455. The predicted molar refractivity (Wildman–Crippen MR) is 79.8 cm³/mol. The van der Waals surface area contributed by atoms with Gasteiger partial charge in [0.2, 0.25) is 0 Å². The van der Waals surface area contributed by atoms with Crippen molar-refractivity contribution in [3.8, 4) is 0 Å². The lowest BCUT2D eigenvalue weighted by Crippen LogP contribution is -2.36. The molecule has 1 atom stereocenters. The maximum atomic E-state index is 11.1. The molecule has 0 aliphatic heterocycles. The van der Waals surface area contributed by atoms with Crippen molar-refractivity contribution >= 4 is 39.3 Å². The van der Waals surface area contributed by atoms with Crippen molar-refractivity contribution in [2.24, 2.45) is 0 Å². The van der Waals surface area contributed by atoms with Gasteiger partial charge >= 0.3 is 5.97 Å². The van der Waals surface area contributed by atoms with Crippen molar-refractivity contribution in [2.75, 3.05) is 17.7 Å². The molecule has 0 bridgehead atoms. The lowest BCUT2D eigenvalue weighted by Gasteiger charge is -2.15. The van der Waals surface area contributed by atoms with Gasteiger partial charge in [0.15, 0.2) is 0 Å². The molecule has 0 amide bonds. The van der Waals surface area contributed by atoms with Gasteiger partial charge in [0, 0.05) is 16.7 Å². The molecule has 0 fully saturated rings. The Bertz CT molecular complexity index is 415. The first kappa shape index (κ1) is 15.3. The molecule has 0 radical (unpaired) electrons. The number of carboxylic acids is 1. The van der Waals surface area contributed by atoms with E-state index >= 15 is 0 Å². The fourth-order valence-electron chi connectivity index (χ4n) is 1.51. The van der Waals surface area contributed by atoms with Gasteiger partial charge in [-0.1, -0.05) is 15.9 Å². The molecule has 6 heteroatoms. The number of hydrogen-bond donors (Lipinski definition) is 3.